The van der Waals surface area contributed by atoms with Gasteiger partial charge in [0.15, 0.2) is 0 Å². The van der Waals surface area contributed by atoms with Crippen molar-refractivity contribution in [1.29, 1.82) is 0 Å². The van der Waals surface area contributed by atoms with E-state index in [4.69, 9.17) is 0 Å². The minimum absolute atomic E-state index is 0.0185. The molecular weight excluding hydrogens is 238 g/mol. The fraction of sp³-hybridized carbons (Fsp3) is 0.538. The summed E-state index contributed by atoms with van der Waals surface area (Å²) in [6, 6.07) is 0.442. The molecule has 1 aromatic rings. The minimum atomic E-state index is -0.602. The second-order valence-electron chi connectivity index (χ2n) is 4.68. The highest BCUT2D eigenvalue weighted by atomic mass is 19.1. The molecule has 0 spiro atoms. The molecule has 5 heteroatoms. The van der Waals surface area contributed by atoms with Crippen molar-refractivity contribution >= 4 is 5.91 Å². The summed E-state index contributed by atoms with van der Waals surface area (Å²) in [5.74, 6) is -0.393. The minimum Gasteiger partial charge on any atom is -0.353 e. The molecule has 18 heavy (non-hydrogen) atoms. The van der Waals surface area contributed by atoms with Crippen molar-refractivity contribution in [1.82, 2.24) is 10.3 Å². The molecule has 2 rings (SSSR count). The van der Waals surface area contributed by atoms with Gasteiger partial charge in [-0.1, -0.05) is 13.8 Å². The van der Waals surface area contributed by atoms with Gasteiger partial charge in [0.25, 0.3) is 0 Å². The van der Waals surface area contributed by atoms with E-state index >= 15 is 0 Å². The SMILES string of the molecule is CC(C)C1CCC(=O)N1.Cc1c(F)cncc1F. The van der Waals surface area contributed by atoms with Crippen LogP contribution in [0.4, 0.5) is 8.78 Å². The molecule has 0 saturated carbocycles. The fourth-order valence-electron chi connectivity index (χ4n) is 1.61. The van der Waals surface area contributed by atoms with Crippen molar-refractivity contribution in [2.45, 2.75) is 39.7 Å². The highest BCUT2D eigenvalue weighted by Gasteiger charge is 2.22. The fourth-order valence-corrected chi connectivity index (χ4v) is 1.61. The zero-order valence-electron chi connectivity index (χ0n) is 10.8. The van der Waals surface area contributed by atoms with Gasteiger partial charge in [-0.25, -0.2) is 8.78 Å². The van der Waals surface area contributed by atoms with Gasteiger partial charge >= 0.3 is 0 Å². The molecule has 1 fully saturated rings. The van der Waals surface area contributed by atoms with Crippen LogP contribution in [0.15, 0.2) is 12.4 Å². The van der Waals surface area contributed by atoms with E-state index in [1.165, 1.54) is 6.92 Å². The number of nitrogens with zero attached hydrogens (tertiary/aromatic N) is 1. The predicted octanol–water partition coefficient (Wildman–Crippen LogP) is 2.59. The van der Waals surface area contributed by atoms with E-state index in [0.717, 1.165) is 25.2 Å². The Morgan fingerprint density at radius 3 is 2.17 bits per heavy atom. The van der Waals surface area contributed by atoms with Crippen LogP contribution in [0.3, 0.4) is 0 Å². The highest BCUT2D eigenvalue weighted by Crippen LogP contribution is 2.13. The molecule has 1 amide bonds. The Bertz CT molecular complexity index is 401. The average molecular weight is 256 g/mol. The Kier molecular flexibility index (Phi) is 5.19. The average Bonchev–Trinajstić information content (AvgIpc) is 2.74. The van der Waals surface area contributed by atoms with Crippen LogP contribution in [0.5, 0.6) is 0 Å². The molecule has 1 N–H and O–H groups in total. The maximum Gasteiger partial charge on any atom is 0.220 e. The zero-order chi connectivity index (χ0) is 13.7. The summed E-state index contributed by atoms with van der Waals surface area (Å²) < 4.78 is 24.6. The van der Waals surface area contributed by atoms with Crippen LogP contribution in [-0.4, -0.2) is 16.9 Å². The van der Waals surface area contributed by atoms with E-state index in [2.05, 4.69) is 24.1 Å². The van der Waals surface area contributed by atoms with Gasteiger partial charge in [0.2, 0.25) is 5.91 Å². The first kappa shape index (κ1) is 14.5. The third kappa shape index (κ3) is 4.05. The van der Waals surface area contributed by atoms with E-state index in [9.17, 15) is 13.6 Å². The van der Waals surface area contributed by atoms with Crippen molar-refractivity contribution in [2.75, 3.05) is 0 Å². The second-order valence-corrected chi connectivity index (χ2v) is 4.68. The van der Waals surface area contributed by atoms with Gasteiger partial charge < -0.3 is 5.32 Å². The first-order chi connectivity index (χ1) is 8.41. The van der Waals surface area contributed by atoms with Crippen molar-refractivity contribution in [3.05, 3.63) is 29.6 Å². The van der Waals surface area contributed by atoms with E-state index in [-0.39, 0.29) is 11.5 Å². The van der Waals surface area contributed by atoms with Crippen LogP contribution in [-0.2, 0) is 4.79 Å². The Balaban J connectivity index is 0.000000180. The van der Waals surface area contributed by atoms with Crippen LogP contribution in [0, 0.1) is 24.5 Å². The van der Waals surface area contributed by atoms with Crippen molar-refractivity contribution < 1.29 is 13.6 Å². The number of rotatable bonds is 1. The van der Waals surface area contributed by atoms with Crippen LogP contribution in [0.1, 0.15) is 32.3 Å². The Morgan fingerprint density at radius 2 is 1.89 bits per heavy atom. The molecule has 0 bridgehead atoms. The summed E-state index contributed by atoms with van der Waals surface area (Å²) in [5, 5.41) is 2.91. The molecule has 0 aromatic carbocycles. The largest absolute Gasteiger partial charge is 0.353 e. The number of hydrogen-bond donors (Lipinski definition) is 1. The summed E-state index contributed by atoms with van der Waals surface area (Å²) in [5.41, 5.74) is 0.0185. The van der Waals surface area contributed by atoms with E-state index in [1.807, 2.05) is 0 Å². The van der Waals surface area contributed by atoms with Crippen LogP contribution in [0.2, 0.25) is 0 Å². The van der Waals surface area contributed by atoms with Crippen molar-refractivity contribution in [2.24, 2.45) is 5.92 Å². The lowest BCUT2D eigenvalue weighted by atomic mass is 10.0. The second kappa shape index (κ2) is 6.42. The number of carbonyl (C=O) groups is 1. The van der Waals surface area contributed by atoms with Gasteiger partial charge in [-0.3, -0.25) is 9.78 Å². The number of hydrogen-bond acceptors (Lipinski definition) is 2. The van der Waals surface area contributed by atoms with Crippen LogP contribution >= 0.6 is 0 Å². The number of pyridine rings is 1. The molecule has 1 aromatic heterocycles. The van der Waals surface area contributed by atoms with Gasteiger partial charge in [0, 0.05) is 18.0 Å². The predicted molar refractivity (Wildman–Crippen MR) is 64.9 cm³/mol. The van der Waals surface area contributed by atoms with Crippen molar-refractivity contribution in [3.63, 3.8) is 0 Å². The smallest absolute Gasteiger partial charge is 0.220 e. The molecule has 0 radical (unpaired) electrons. The third-order valence-electron chi connectivity index (χ3n) is 2.93. The zero-order valence-corrected chi connectivity index (χ0v) is 10.8. The normalized spacial score (nSPS) is 18.3. The topological polar surface area (TPSA) is 42.0 Å². The molecule has 1 unspecified atom stereocenters. The lowest BCUT2D eigenvalue weighted by molar-refractivity contribution is -0.119. The van der Waals surface area contributed by atoms with E-state index in [1.54, 1.807) is 0 Å². The van der Waals surface area contributed by atoms with Gasteiger partial charge in [0.05, 0.1) is 12.4 Å². The quantitative estimate of drug-likeness (QED) is 0.839. The lowest BCUT2D eigenvalue weighted by Gasteiger charge is -2.12. The first-order valence-electron chi connectivity index (χ1n) is 5.96. The summed E-state index contributed by atoms with van der Waals surface area (Å²) >= 11 is 0. The molecule has 1 aliphatic heterocycles. The third-order valence-corrected chi connectivity index (χ3v) is 2.93. The molecule has 0 aliphatic carbocycles. The number of carbonyl (C=O) groups excluding carboxylic acids is 1. The summed E-state index contributed by atoms with van der Waals surface area (Å²) in [4.78, 5) is 13.9. The molecular formula is C13H18F2N2O. The number of amides is 1. The molecule has 2 heterocycles. The number of aromatic nitrogens is 1. The van der Waals surface area contributed by atoms with Crippen LogP contribution in [0.25, 0.3) is 0 Å². The summed E-state index contributed by atoms with van der Waals surface area (Å²) in [6.07, 6.45) is 3.72. The number of halogens is 2. The molecule has 1 saturated heterocycles. The lowest BCUT2D eigenvalue weighted by Crippen LogP contribution is -2.29. The van der Waals surface area contributed by atoms with Crippen LogP contribution < -0.4 is 5.32 Å². The standard InChI is InChI=1S/C7H13NO.C6H5F2N/c1-5(2)6-3-4-7(9)8-6;1-4-5(7)2-9-3-6(4)8/h5-6H,3-4H2,1-2H3,(H,8,9);2-3H,1H3. The van der Waals surface area contributed by atoms with Gasteiger partial charge in [0.1, 0.15) is 11.6 Å². The summed E-state index contributed by atoms with van der Waals surface area (Å²) in [6.45, 7) is 5.64. The van der Waals surface area contributed by atoms with E-state index < -0.39 is 11.6 Å². The highest BCUT2D eigenvalue weighted by molar-refractivity contribution is 5.78. The molecule has 1 aliphatic rings. The maximum atomic E-state index is 12.3. The number of nitrogens with one attached hydrogen (secondary N) is 1. The maximum absolute atomic E-state index is 12.3. The van der Waals surface area contributed by atoms with Crippen molar-refractivity contribution in [3.8, 4) is 0 Å². The van der Waals surface area contributed by atoms with E-state index in [0.29, 0.717) is 12.0 Å². The van der Waals surface area contributed by atoms with Gasteiger partial charge in [-0.2, -0.15) is 0 Å². The first-order valence-corrected chi connectivity index (χ1v) is 5.96. The Morgan fingerprint density at radius 1 is 1.33 bits per heavy atom. The molecule has 100 valence electrons. The van der Waals surface area contributed by atoms with Gasteiger partial charge in [-0.15, -0.1) is 0 Å². The Labute approximate surface area is 106 Å². The monoisotopic (exact) mass is 256 g/mol. The Hall–Kier alpha value is -1.52. The molecule has 1 atom stereocenters. The van der Waals surface area contributed by atoms with Gasteiger partial charge in [-0.05, 0) is 19.3 Å². The summed E-state index contributed by atoms with van der Waals surface area (Å²) in [7, 11) is 0. The molecule has 3 nitrogen and oxygen atoms in total.